The van der Waals surface area contributed by atoms with E-state index in [1.807, 2.05) is 42.7 Å². The van der Waals surface area contributed by atoms with Crippen LogP contribution >= 0.6 is 11.8 Å². The Morgan fingerprint density at radius 1 is 1.14 bits per heavy atom. The van der Waals surface area contributed by atoms with Crippen LogP contribution in [0.5, 0.6) is 0 Å². The van der Waals surface area contributed by atoms with Gasteiger partial charge >= 0.3 is 0 Å². The monoisotopic (exact) mass is 395 g/mol. The Morgan fingerprint density at radius 3 is 2.75 bits per heavy atom. The summed E-state index contributed by atoms with van der Waals surface area (Å²) in [4.78, 5) is 24.3. The number of hydrogen-bond donors (Lipinski definition) is 2. The number of carbonyl (C=O) groups excluding carboxylic acids is 2. The minimum Gasteiger partial charge on any atom is -0.352 e. The van der Waals surface area contributed by atoms with Gasteiger partial charge in [0.25, 0.3) is 5.91 Å². The number of nitrogens with one attached hydrogen (secondary N) is 2. The van der Waals surface area contributed by atoms with Crippen LogP contribution in [0.2, 0.25) is 0 Å². The molecule has 0 bridgehead atoms. The van der Waals surface area contributed by atoms with Crippen molar-refractivity contribution >= 4 is 29.3 Å². The van der Waals surface area contributed by atoms with Gasteiger partial charge in [-0.25, -0.2) is 0 Å². The molecule has 0 aliphatic rings. The number of aromatic nitrogens is 3. The normalized spacial score (nSPS) is 10.5. The maximum absolute atomic E-state index is 12.3. The van der Waals surface area contributed by atoms with Crippen molar-refractivity contribution in [3.05, 3.63) is 66.0 Å². The van der Waals surface area contributed by atoms with Crippen molar-refractivity contribution in [3.63, 3.8) is 0 Å². The van der Waals surface area contributed by atoms with Crippen LogP contribution in [0.15, 0.2) is 60.0 Å². The molecule has 3 aromatic rings. The van der Waals surface area contributed by atoms with E-state index >= 15 is 0 Å². The quantitative estimate of drug-likeness (QED) is 0.600. The molecule has 2 N–H and O–H groups in total. The second-order valence-electron chi connectivity index (χ2n) is 6.05. The molecule has 7 nitrogen and oxygen atoms in total. The summed E-state index contributed by atoms with van der Waals surface area (Å²) in [6.07, 6.45) is 1.64. The van der Waals surface area contributed by atoms with E-state index in [0.717, 1.165) is 11.3 Å². The highest BCUT2D eigenvalue weighted by molar-refractivity contribution is 7.99. The van der Waals surface area contributed by atoms with Crippen LogP contribution in [-0.4, -0.2) is 38.9 Å². The molecule has 2 aromatic carbocycles. The average Bonchev–Trinajstić information content (AvgIpc) is 3.15. The number of para-hydroxylation sites is 1. The lowest BCUT2D eigenvalue weighted by atomic mass is 10.2. The Balaban J connectivity index is 1.63. The lowest BCUT2D eigenvalue weighted by Gasteiger charge is -2.10. The summed E-state index contributed by atoms with van der Waals surface area (Å²) >= 11 is 1.30. The molecule has 1 aromatic heterocycles. The molecule has 3 rings (SSSR count). The molecule has 0 saturated heterocycles. The molecule has 0 spiro atoms. The molecule has 0 fully saturated rings. The van der Waals surface area contributed by atoms with E-state index in [2.05, 4.69) is 20.8 Å². The van der Waals surface area contributed by atoms with Crippen molar-refractivity contribution in [2.75, 3.05) is 17.6 Å². The van der Waals surface area contributed by atoms with Crippen molar-refractivity contribution in [2.24, 2.45) is 0 Å². The van der Waals surface area contributed by atoms with E-state index in [0.29, 0.717) is 23.0 Å². The molecule has 28 heavy (non-hydrogen) atoms. The highest BCUT2D eigenvalue weighted by atomic mass is 32.2. The number of aryl methyl sites for hydroxylation is 1. The van der Waals surface area contributed by atoms with Gasteiger partial charge in [-0.1, -0.05) is 36.0 Å². The maximum atomic E-state index is 12.3. The van der Waals surface area contributed by atoms with Crippen LogP contribution in [0.3, 0.4) is 0 Å². The van der Waals surface area contributed by atoms with Gasteiger partial charge in [-0.3, -0.25) is 14.2 Å². The Morgan fingerprint density at radius 2 is 1.96 bits per heavy atom. The number of anilines is 1. The zero-order chi connectivity index (χ0) is 19.9. The topological polar surface area (TPSA) is 88.9 Å². The maximum Gasteiger partial charge on any atom is 0.251 e. The van der Waals surface area contributed by atoms with Crippen LogP contribution < -0.4 is 10.6 Å². The zero-order valence-corrected chi connectivity index (χ0v) is 16.5. The fourth-order valence-corrected chi connectivity index (χ4v) is 3.37. The molecule has 0 atom stereocenters. The lowest BCUT2D eigenvalue weighted by molar-refractivity contribution is -0.113. The van der Waals surface area contributed by atoms with E-state index in [4.69, 9.17) is 0 Å². The van der Waals surface area contributed by atoms with Gasteiger partial charge in [0.2, 0.25) is 5.91 Å². The summed E-state index contributed by atoms with van der Waals surface area (Å²) in [5.41, 5.74) is 3.15. The highest BCUT2D eigenvalue weighted by Gasteiger charge is 2.12. The molecule has 0 radical (unpaired) electrons. The summed E-state index contributed by atoms with van der Waals surface area (Å²) in [6.45, 7) is 4.42. The van der Waals surface area contributed by atoms with Gasteiger partial charge < -0.3 is 10.6 Å². The molecule has 1 heterocycles. The standard InChI is InChI=1S/C20H21N5O2S/c1-3-21-19(27)15-8-6-9-16(11-15)23-18(26)12-28-20-24-22-13-25(20)17-10-5-4-7-14(17)2/h4-11,13H,3,12H2,1-2H3,(H,21,27)(H,23,26). The van der Waals surface area contributed by atoms with Gasteiger partial charge in [-0.2, -0.15) is 0 Å². The van der Waals surface area contributed by atoms with E-state index in [1.54, 1.807) is 30.6 Å². The number of benzene rings is 2. The first-order valence-corrected chi connectivity index (χ1v) is 9.84. The third kappa shape index (κ3) is 4.77. The number of rotatable bonds is 7. The van der Waals surface area contributed by atoms with Gasteiger partial charge in [0.15, 0.2) is 5.16 Å². The minimum absolute atomic E-state index is 0.167. The number of nitrogens with zero attached hydrogens (tertiary/aromatic N) is 3. The molecular formula is C20H21N5O2S. The van der Waals surface area contributed by atoms with Crippen molar-refractivity contribution in [1.82, 2.24) is 20.1 Å². The Labute approximate surface area is 167 Å². The number of hydrogen-bond acceptors (Lipinski definition) is 5. The molecule has 0 aliphatic carbocycles. The van der Waals surface area contributed by atoms with Crippen LogP contribution in [0, 0.1) is 6.92 Å². The van der Waals surface area contributed by atoms with Crippen LogP contribution in [-0.2, 0) is 4.79 Å². The molecule has 0 aliphatic heterocycles. The van der Waals surface area contributed by atoms with E-state index < -0.39 is 0 Å². The smallest absolute Gasteiger partial charge is 0.251 e. The van der Waals surface area contributed by atoms with Crippen molar-refractivity contribution in [2.45, 2.75) is 19.0 Å². The van der Waals surface area contributed by atoms with E-state index in [1.165, 1.54) is 11.8 Å². The second kappa shape index (κ2) is 9.18. The van der Waals surface area contributed by atoms with Crippen molar-refractivity contribution in [1.29, 1.82) is 0 Å². The third-order valence-corrected chi connectivity index (χ3v) is 4.91. The van der Waals surface area contributed by atoms with Crippen molar-refractivity contribution in [3.8, 4) is 5.69 Å². The van der Waals surface area contributed by atoms with Gasteiger partial charge in [0, 0.05) is 17.8 Å². The van der Waals surface area contributed by atoms with E-state index in [9.17, 15) is 9.59 Å². The SMILES string of the molecule is CCNC(=O)c1cccc(NC(=O)CSc2nncn2-c2ccccc2C)c1. The summed E-state index contributed by atoms with van der Waals surface area (Å²) in [6, 6.07) is 14.8. The highest BCUT2D eigenvalue weighted by Crippen LogP contribution is 2.22. The second-order valence-corrected chi connectivity index (χ2v) is 6.99. The number of amides is 2. The fraction of sp³-hybridized carbons (Fsp3) is 0.200. The van der Waals surface area contributed by atoms with Crippen molar-refractivity contribution < 1.29 is 9.59 Å². The summed E-state index contributed by atoms with van der Waals surface area (Å²) < 4.78 is 1.86. The summed E-state index contributed by atoms with van der Waals surface area (Å²) in [5.74, 6) is -0.174. The predicted octanol–water partition coefficient (Wildman–Crippen LogP) is 3.06. The molecule has 144 valence electrons. The van der Waals surface area contributed by atoms with Gasteiger partial charge in [-0.15, -0.1) is 10.2 Å². The third-order valence-electron chi connectivity index (χ3n) is 3.97. The molecule has 2 amide bonds. The largest absolute Gasteiger partial charge is 0.352 e. The van der Waals surface area contributed by atoms with Gasteiger partial charge in [0.1, 0.15) is 6.33 Å². The summed E-state index contributed by atoms with van der Waals surface area (Å²) in [5, 5.41) is 14.3. The van der Waals surface area contributed by atoms with Crippen LogP contribution in [0.25, 0.3) is 5.69 Å². The van der Waals surface area contributed by atoms with Crippen LogP contribution in [0.1, 0.15) is 22.8 Å². The Kier molecular flexibility index (Phi) is 6.44. The number of thioether (sulfide) groups is 1. The minimum atomic E-state index is -0.183. The first kappa shape index (κ1) is 19.6. The first-order chi connectivity index (χ1) is 13.6. The first-order valence-electron chi connectivity index (χ1n) is 8.85. The van der Waals surface area contributed by atoms with Crippen LogP contribution in [0.4, 0.5) is 5.69 Å². The molecule has 8 heteroatoms. The average molecular weight is 395 g/mol. The van der Waals surface area contributed by atoms with Gasteiger partial charge in [0.05, 0.1) is 11.4 Å². The molecule has 0 unspecified atom stereocenters. The number of carbonyl (C=O) groups is 2. The lowest BCUT2D eigenvalue weighted by Crippen LogP contribution is -2.23. The Hall–Kier alpha value is -3.13. The molecule has 0 saturated carbocycles. The molecular weight excluding hydrogens is 374 g/mol. The Bertz CT molecular complexity index is 986. The predicted molar refractivity (Wildman–Crippen MR) is 110 cm³/mol. The zero-order valence-electron chi connectivity index (χ0n) is 15.7. The fourth-order valence-electron chi connectivity index (χ4n) is 2.65. The van der Waals surface area contributed by atoms with E-state index in [-0.39, 0.29) is 17.6 Å². The van der Waals surface area contributed by atoms with Gasteiger partial charge in [-0.05, 0) is 43.7 Å². The summed E-state index contributed by atoms with van der Waals surface area (Å²) in [7, 11) is 0.